The number of nitrogens with zero attached hydrogens (tertiary/aromatic N) is 1. The van der Waals surface area contributed by atoms with Crippen LogP contribution in [0.15, 0.2) is 18.2 Å². The molecule has 0 unspecified atom stereocenters. The number of carbonyl (C=O) groups is 1. The Balaban J connectivity index is 1.20. The lowest BCUT2D eigenvalue weighted by molar-refractivity contribution is -0.145. The second-order valence-corrected chi connectivity index (χ2v) is 10.3. The molecule has 3 fully saturated rings. The third kappa shape index (κ3) is 3.37. The number of likely N-dealkylation sites (tertiary alicyclic amines) is 1. The third-order valence-electron chi connectivity index (χ3n) is 7.73. The molecule has 2 saturated carbocycles. The topological polar surface area (TPSA) is 40.5 Å². The molecule has 1 aromatic rings. The van der Waals surface area contributed by atoms with Crippen LogP contribution in [0.4, 0.5) is 0 Å². The largest absolute Gasteiger partial charge is 0.481 e. The van der Waals surface area contributed by atoms with E-state index in [0.29, 0.717) is 11.3 Å². The minimum absolute atomic E-state index is 0.350. The van der Waals surface area contributed by atoms with E-state index in [-0.39, 0.29) is 0 Å². The second kappa shape index (κ2) is 6.63. The quantitative estimate of drug-likeness (QED) is 0.805. The highest BCUT2D eigenvalue weighted by molar-refractivity contribution is 5.78. The molecular formula is C25H31NO2. The molecule has 5 rings (SSSR count). The van der Waals surface area contributed by atoms with Crippen LogP contribution in [-0.4, -0.2) is 35.6 Å². The SMILES string of the molecule is CC1CCC(C#Cc2ccc3c(c2)CC2(C3)CN(CC3(C(=O)O)CC3)C2)CC1. The molecule has 0 aromatic heterocycles. The minimum Gasteiger partial charge on any atom is -0.481 e. The van der Waals surface area contributed by atoms with Gasteiger partial charge in [0.1, 0.15) is 0 Å². The maximum Gasteiger partial charge on any atom is 0.310 e. The summed E-state index contributed by atoms with van der Waals surface area (Å²) in [6, 6.07) is 6.82. The molecule has 1 spiro atoms. The Kier molecular flexibility index (Phi) is 4.32. The van der Waals surface area contributed by atoms with Crippen molar-refractivity contribution in [3.8, 4) is 11.8 Å². The smallest absolute Gasteiger partial charge is 0.310 e. The number of benzene rings is 1. The van der Waals surface area contributed by atoms with E-state index in [1.807, 2.05) is 0 Å². The summed E-state index contributed by atoms with van der Waals surface area (Å²) < 4.78 is 0. The van der Waals surface area contributed by atoms with Gasteiger partial charge in [0, 0.05) is 36.5 Å². The average molecular weight is 378 g/mol. The van der Waals surface area contributed by atoms with E-state index < -0.39 is 11.4 Å². The first-order valence-electron chi connectivity index (χ1n) is 11.0. The normalized spacial score (nSPS) is 29.5. The van der Waals surface area contributed by atoms with Gasteiger partial charge in [-0.15, -0.1) is 0 Å². The zero-order valence-corrected chi connectivity index (χ0v) is 17.0. The van der Waals surface area contributed by atoms with E-state index in [4.69, 9.17) is 0 Å². The van der Waals surface area contributed by atoms with Gasteiger partial charge in [-0.3, -0.25) is 4.79 Å². The first-order chi connectivity index (χ1) is 13.5. The number of hydrogen-bond acceptors (Lipinski definition) is 2. The molecule has 1 aromatic carbocycles. The average Bonchev–Trinajstić information content (AvgIpc) is 3.33. The van der Waals surface area contributed by atoms with Gasteiger partial charge in [0.05, 0.1) is 5.41 Å². The first-order valence-corrected chi connectivity index (χ1v) is 11.0. The highest BCUT2D eigenvalue weighted by Gasteiger charge is 2.55. The summed E-state index contributed by atoms with van der Waals surface area (Å²) in [5.74, 6) is 7.85. The van der Waals surface area contributed by atoms with E-state index in [1.54, 1.807) is 0 Å². The molecule has 0 radical (unpaired) electrons. The van der Waals surface area contributed by atoms with Gasteiger partial charge >= 0.3 is 5.97 Å². The van der Waals surface area contributed by atoms with Crippen LogP contribution in [-0.2, 0) is 17.6 Å². The molecule has 3 nitrogen and oxygen atoms in total. The highest BCUT2D eigenvalue weighted by Crippen LogP contribution is 2.50. The summed E-state index contributed by atoms with van der Waals surface area (Å²) in [6.07, 6.45) is 9.16. The van der Waals surface area contributed by atoms with Gasteiger partial charge in [-0.1, -0.05) is 24.8 Å². The van der Waals surface area contributed by atoms with Crippen molar-refractivity contribution in [2.75, 3.05) is 19.6 Å². The van der Waals surface area contributed by atoms with Crippen molar-refractivity contribution in [3.63, 3.8) is 0 Å². The molecule has 148 valence electrons. The van der Waals surface area contributed by atoms with E-state index in [1.165, 1.54) is 42.4 Å². The Morgan fingerprint density at radius 1 is 1.14 bits per heavy atom. The van der Waals surface area contributed by atoms with Crippen LogP contribution in [0.3, 0.4) is 0 Å². The summed E-state index contributed by atoms with van der Waals surface area (Å²) in [5.41, 5.74) is 4.06. The third-order valence-corrected chi connectivity index (χ3v) is 7.73. The van der Waals surface area contributed by atoms with Crippen molar-refractivity contribution >= 4 is 5.97 Å². The van der Waals surface area contributed by atoms with Crippen LogP contribution in [0, 0.1) is 34.5 Å². The molecule has 3 heteroatoms. The number of aliphatic carboxylic acids is 1. The van der Waals surface area contributed by atoms with Gasteiger partial charge in [0.15, 0.2) is 0 Å². The van der Waals surface area contributed by atoms with Gasteiger partial charge in [0.2, 0.25) is 0 Å². The summed E-state index contributed by atoms with van der Waals surface area (Å²) in [5, 5.41) is 9.42. The Bertz CT molecular complexity index is 843. The van der Waals surface area contributed by atoms with Gasteiger partial charge < -0.3 is 10.0 Å². The van der Waals surface area contributed by atoms with Gasteiger partial charge in [0.25, 0.3) is 0 Å². The fraction of sp³-hybridized carbons (Fsp3) is 0.640. The lowest BCUT2D eigenvalue weighted by Gasteiger charge is -2.49. The molecule has 1 aliphatic heterocycles. The molecule has 3 aliphatic carbocycles. The lowest BCUT2D eigenvalue weighted by Crippen LogP contribution is -2.58. The Morgan fingerprint density at radius 2 is 1.86 bits per heavy atom. The molecule has 0 bridgehead atoms. The Morgan fingerprint density at radius 3 is 2.54 bits per heavy atom. The fourth-order valence-corrected chi connectivity index (χ4v) is 5.76. The predicted molar refractivity (Wildman–Crippen MR) is 110 cm³/mol. The summed E-state index contributed by atoms with van der Waals surface area (Å²) >= 11 is 0. The lowest BCUT2D eigenvalue weighted by atomic mass is 9.76. The number of hydrogen-bond donors (Lipinski definition) is 1. The Labute approximate surface area is 168 Å². The second-order valence-electron chi connectivity index (χ2n) is 10.3. The number of carboxylic acids is 1. The summed E-state index contributed by atoms with van der Waals surface area (Å²) in [6.45, 7) is 5.21. The van der Waals surface area contributed by atoms with Gasteiger partial charge in [-0.25, -0.2) is 0 Å². The predicted octanol–water partition coefficient (Wildman–Crippen LogP) is 4.13. The molecule has 4 aliphatic rings. The summed E-state index contributed by atoms with van der Waals surface area (Å²) in [4.78, 5) is 13.8. The van der Waals surface area contributed by atoms with E-state index in [2.05, 4.69) is 41.9 Å². The number of rotatable bonds is 3. The van der Waals surface area contributed by atoms with Gasteiger partial charge in [-0.05, 0) is 80.5 Å². The van der Waals surface area contributed by atoms with E-state index >= 15 is 0 Å². The number of carboxylic acid groups (broad SMARTS) is 1. The van der Waals surface area contributed by atoms with E-state index in [0.717, 1.165) is 51.2 Å². The van der Waals surface area contributed by atoms with Crippen LogP contribution >= 0.6 is 0 Å². The highest BCUT2D eigenvalue weighted by atomic mass is 16.4. The molecule has 28 heavy (non-hydrogen) atoms. The maximum absolute atomic E-state index is 11.4. The fourth-order valence-electron chi connectivity index (χ4n) is 5.76. The van der Waals surface area contributed by atoms with Crippen LogP contribution in [0.25, 0.3) is 0 Å². The van der Waals surface area contributed by atoms with Crippen LogP contribution in [0.5, 0.6) is 0 Å². The first kappa shape index (κ1) is 18.3. The van der Waals surface area contributed by atoms with Crippen molar-refractivity contribution in [1.82, 2.24) is 4.90 Å². The van der Waals surface area contributed by atoms with Crippen molar-refractivity contribution in [2.24, 2.45) is 22.7 Å². The number of fused-ring (bicyclic) bond motifs is 1. The maximum atomic E-state index is 11.4. The van der Waals surface area contributed by atoms with Crippen molar-refractivity contribution in [2.45, 2.75) is 58.3 Å². The monoisotopic (exact) mass is 377 g/mol. The van der Waals surface area contributed by atoms with Crippen LogP contribution in [0.1, 0.15) is 62.1 Å². The van der Waals surface area contributed by atoms with Gasteiger partial charge in [-0.2, -0.15) is 0 Å². The summed E-state index contributed by atoms with van der Waals surface area (Å²) in [7, 11) is 0. The van der Waals surface area contributed by atoms with Crippen LogP contribution < -0.4 is 0 Å². The minimum atomic E-state index is -0.598. The standard InChI is InChI=1S/C25H31NO2/c1-18-2-4-19(5-3-18)6-7-20-8-9-21-13-24(14-22(21)12-20)15-26(16-24)17-25(10-11-25)23(27)28/h8-9,12,18-19H,2-5,10-11,13-17H2,1H3,(H,27,28). The zero-order valence-electron chi connectivity index (χ0n) is 17.0. The molecule has 0 atom stereocenters. The molecular weight excluding hydrogens is 346 g/mol. The van der Waals surface area contributed by atoms with Crippen LogP contribution in [0.2, 0.25) is 0 Å². The molecule has 1 saturated heterocycles. The Hall–Kier alpha value is -1.79. The molecule has 0 amide bonds. The molecule has 1 N–H and O–H groups in total. The van der Waals surface area contributed by atoms with Crippen molar-refractivity contribution in [1.29, 1.82) is 0 Å². The van der Waals surface area contributed by atoms with E-state index in [9.17, 15) is 9.90 Å². The van der Waals surface area contributed by atoms with Crippen molar-refractivity contribution < 1.29 is 9.90 Å². The molecule has 1 heterocycles. The zero-order chi connectivity index (χ0) is 19.4. The van der Waals surface area contributed by atoms with Crippen molar-refractivity contribution in [3.05, 3.63) is 34.9 Å².